The number of carbonyl (C=O) groups excluding carboxylic acids is 2. The maximum Gasteiger partial charge on any atom is 0.317 e. The molecule has 1 rings (SSSR count). The second-order valence-electron chi connectivity index (χ2n) is 4.28. The summed E-state index contributed by atoms with van der Waals surface area (Å²) >= 11 is 0. The van der Waals surface area contributed by atoms with Crippen molar-refractivity contribution in [2.75, 3.05) is 26.2 Å². The fraction of sp³-hybridized carbons (Fsp3) is 0.727. The van der Waals surface area contributed by atoms with Crippen molar-refractivity contribution in [2.24, 2.45) is 5.92 Å². The first-order chi connectivity index (χ1) is 8.54. The van der Waals surface area contributed by atoms with Gasteiger partial charge in [-0.25, -0.2) is 4.79 Å². The van der Waals surface area contributed by atoms with E-state index in [0.717, 1.165) is 6.42 Å². The highest BCUT2D eigenvalue weighted by molar-refractivity contribution is 5.85. The molecule has 0 aromatic carbocycles. The summed E-state index contributed by atoms with van der Waals surface area (Å²) in [5.74, 6) is -1.68. The standard InChI is InChI=1S/C11H19N3O4/c1-2-3-8(10(16)17)6-13-11(18)14-5-4-12-9(15)7-14/h8H,2-7H2,1H3,(H,12,15)(H,13,18)(H,16,17). The number of nitrogens with one attached hydrogen (secondary N) is 2. The Kier molecular flexibility index (Phi) is 5.41. The number of hydrogen-bond acceptors (Lipinski definition) is 3. The zero-order chi connectivity index (χ0) is 13.5. The highest BCUT2D eigenvalue weighted by atomic mass is 16.4. The van der Waals surface area contributed by atoms with E-state index in [-0.39, 0.29) is 25.0 Å². The number of rotatable bonds is 5. The number of carbonyl (C=O) groups is 3. The first kappa shape index (κ1) is 14.3. The number of aliphatic carboxylic acids is 1. The maximum atomic E-state index is 11.7. The van der Waals surface area contributed by atoms with Gasteiger partial charge in [0.25, 0.3) is 0 Å². The van der Waals surface area contributed by atoms with Crippen molar-refractivity contribution in [1.29, 1.82) is 0 Å². The number of carboxylic acids is 1. The third kappa shape index (κ3) is 4.23. The van der Waals surface area contributed by atoms with Crippen LogP contribution in [0.3, 0.4) is 0 Å². The third-order valence-corrected chi connectivity index (χ3v) is 2.81. The van der Waals surface area contributed by atoms with E-state index in [1.54, 1.807) is 0 Å². The molecule has 7 heteroatoms. The van der Waals surface area contributed by atoms with Crippen molar-refractivity contribution < 1.29 is 19.5 Å². The van der Waals surface area contributed by atoms with Crippen LogP contribution in [-0.4, -0.2) is 54.1 Å². The Bertz CT molecular complexity index is 332. The topological polar surface area (TPSA) is 98.7 Å². The van der Waals surface area contributed by atoms with Crippen molar-refractivity contribution >= 4 is 17.9 Å². The minimum atomic E-state index is -0.909. The first-order valence-electron chi connectivity index (χ1n) is 6.06. The number of carboxylic acid groups (broad SMARTS) is 1. The van der Waals surface area contributed by atoms with Crippen LogP contribution in [0.4, 0.5) is 4.79 Å². The predicted molar refractivity (Wildman–Crippen MR) is 64.0 cm³/mol. The summed E-state index contributed by atoms with van der Waals surface area (Å²) in [6, 6.07) is -0.382. The maximum absolute atomic E-state index is 11.7. The zero-order valence-corrected chi connectivity index (χ0v) is 10.4. The van der Waals surface area contributed by atoms with Crippen molar-refractivity contribution in [3.63, 3.8) is 0 Å². The monoisotopic (exact) mass is 257 g/mol. The molecule has 0 bridgehead atoms. The lowest BCUT2D eigenvalue weighted by Gasteiger charge is -2.27. The van der Waals surface area contributed by atoms with Gasteiger partial charge in [-0.15, -0.1) is 0 Å². The number of hydrogen-bond donors (Lipinski definition) is 3. The average molecular weight is 257 g/mol. The van der Waals surface area contributed by atoms with Crippen LogP contribution in [0.1, 0.15) is 19.8 Å². The van der Waals surface area contributed by atoms with Gasteiger partial charge in [0.15, 0.2) is 0 Å². The van der Waals surface area contributed by atoms with Gasteiger partial charge < -0.3 is 20.6 Å². The van der Waals surface area contributed by atoms with Crippen LogP contribution < -0.4 is 10.6 Å². The second-order valence-corrected chi connectivity index (χ2v) is 4.28. The highest BCUT2D eigenvalue weighted by Gasteiger charge is 2.23. The summed E-state index contributed by atoms with van der Waals surface area (Å²) in [6.45, 7) is 2.90. The van der Waals surface area contributed by atoms with E-state index in [0.29, 0.717) is 19.5 Å². The summed E-state index contributed by atoms with van der Waals surface area (Å²) in [6.07, 6.45) is 1.27. The minimum Gasteiger partial charge on any atom is -0.481 e. The van der Waals surface area contributed by atoms with E-state index in [1.807, 2.05) is 6.92 Å². The molecule has 1 atom stereocenters. The van der Waals surface area contributed by atoms with Crippen molar-refractivity contribution in [1.82, 2.24) is 15.5 Å². The molecule has 18 heavy (non-hydrogen) atoms. The van der Waals surface area contributed by atoms with Crippen LogP contribution >= 0.6 is 0 Å². The lowest BCUT2D eigenvalue weighted by atomic mass is 10.0. The van der Waals surface area contributed by atoms with E-state index >= 15 is 0 Å². The molecular formula is C11H19N3O4. The van der Waals surface area contributed by atoms with Crippen LogP contribution in [0.5, 0.6) is 0 Å². The molecule has 1 heterocycles. The highest BCUT2D eigenvalue weighted by Crippen LogP contribution is 2.05. The number of amides is 3. The summed E-state index contributed by atoms with van der Waals surface area (Å²) in [4.78, 5) is 35.1. The van der Waals surface area contributed by atoms with Crippen LogP contribution in [0.15, 0.2) is 0 Å². The summed E-state index contributed by atoms with van der Waals surface area (Å²) in [5, 5.41) is 14.1. The largest absolute Gasteiger partial charge is 0.481 e. The fourth-order valence-electron chi connectivity index (χ4n) is 1.80. The van der Waals surface area contributed by atoms with Crippen LogP contribution in [0.2, 0.25) is 0 Å². The molecule has 1 aliphatic rings. The molecule has 3 N–H and O–H groups in total. The first-order valence-corrected chi connectivity index (χ1v) is 6.06. The normalized spacial score (nSPS) is 16.9. The summed E-state index contributed by atoms with van der Waals surface area (Å²) in [5.41, 5.74) is 0. The number of urea groups is 1. The SMILES string of the molecule is CCCC(CNC(=O)N1CCNC(=O)C1)C(=O)O. The molecule has 1 fully saturated rings. The van der Waals surface area contributed by atoms with Crippen molar-refractivity contribution in [3.8, 4) is 0 Å². The van der Waals surface area contributed by atoms with E-state index in [9.17, 15) is 14.4 Å². The van der Waals surface area contributed by atoms with Gasteiger partial charge in [-0.3, -0.25) is 9.59 Å². The van der Waals surface area contributed by atoms with Gasteiger partial charge >= 0.3 is 12.0 Å². The van der Waals surface area contributed by atoms with Gasteiger partial charge in [0.05, 0.1) is 5.92 Å². The minimum absolute atomic E-state index is 0.0251. The molecule has 0 saturated carbocycles. The summed E-state index contributed by atoms with van der Waals surface area (Å²) < 4.78 is 0. The fourth-order valence-corrected chi connectivity index (χ4v) is 1.80. The zero-order valence-electron chi connectivity index (χ0n) is 10.4. The Balaban J connectivity index is 2.39. The number of piperazine rings is 1. The van der Waals surface area contributed by atoms with Crippen molar-refractivity contribution in [3.05, 3.63) is 0 Å². The van der Waals surface area contributed by atoms with Crippen LogP contribution in [-0.2, 0) is 9.59 Å². The van der Waals surface area contributed by atoms with E-state index < -0.39 is 11.9 Å². The molecular weight excluding hydrogens is 238 g/mol. The van der Waals surface area contributed by atoms with Gasteiger partial charge in [0, 0.05) is 19.6 Å². The van der Waals surface area contributed by atoms with Gasteiger partial charge in [0.2, 0.25) is 5.91 Å². The molecule has 0 radical (unpaired) electrons. The Hall–Kier alpha value is -1.79. The van der Waals surface area contributed by atoms with Gasteiger partial charge in [-0.2, -0.15) is 0 Å². The van der Waals surface area contributed by atoms with E-state index in [2.05, 4.69) is 10.6 Å². The van der Waals surface area contributed by atoms with Gasteiger partial charge in [-0.1, -0.05) is 13.3 Å². The molecule has 7 nitrogen and oxygen atoms in total. The Morgan fingerprint density at radius 2 is 2.28 bits per heavy atom. The second kappa shape index (κ2) is 6.83. The van der Waals surface area contributed by atoms with Crippen LogP contribution in [0.25, 0.3) is 0 Å². The lowest BCUT2D eigenvalue weighted by molar-refractivity contribution is -0.141. The third-order valence-electron chi connectivity index (χ3n) is 2.81. The van der Waals surface area contributed by atoms with E-state index in [4.69, 9.17) is 5.11 Å². The molecule has 1 saturated heterocycles. The van der Waals surface area contributed by atoms with E-state index in [1.165, 1.54) is 4.90 Å². The average Bonchev–Trinajstić information content (AvgIpc) is 2.33. The predicted octanol–water partition coefficient (Wildman–Crippen LogP) is -0.371. The Morgan fingerprint density at radius 1 is 1.56 bits per heavy atom. The molecule has 3 amide bonds. The summed E-state index contributed by atoms with van der Waals surface area (Å²) in [7, 11) is 0. The Morgan fingerprint density at radius 3 is 2.83 bits per heavy atom. The molecule has 0 spiro atoms. The van der Waals surface area contributed by atoms with Crippen molar-refractivity contribution in [2.45, 2.75) is 19.8 Å². The lowest BCUT2D eigenvalue weighted by Crippen LogP contribution is -2.53. The molecule has 1 unspecified atom stereocenters. The number of nitrogens with zero attached hydrogens (tertiary/aromatic N) is 1. The Labute approximate surface area is 106 Å². The molecule has 0 aromatic heterocycles. The molecule has 0 aliphatic carbocycles. The smallest absolute Gasteiger partial charge is 0.317 e. The molecule has 0 aromatic rings. The quantitative estimate of drug-likeness (QED) is 0.625. The van der Waals surface area contributed by atoms with Gasteiger partial charge in [-0.05, 0) is 6.42 Å². The molecule has 1 aliphatic heterocycles. The van der Waals surface area contributed by atoms with Gasteiger partial charge in [0.1, 0.15) is 6.54 Å². The molecule has 102 valence electrons. The van der Waals surface area contributed by atoms with Crippen LogP contribution in [0, 0.1) is 5.92 Å².